The van der Waals surface area contributed by atoms with Gasteiger partial charge in [0.15, 0.2) is 0 Å². The molecular weight excluding hydrogens is 266 g/mol. The third-order valence-corrected chi connectivity index (χ3v) is 3.54. The van der Waals surface area contributed by atoms with Crippen molar-refractivity contribution < 1.29 is 9.53 Å². The third kappa shape index (κ3) is 4.55. The van der Waals surface area contributed by atoms with E-state index < -0.39 is 0 Å². The van der Waals surface area contributed by atoms with Crippen LogP contribution in [0.25, 0.3) is 0 Å². The number of nitrogens with zero attached hydrogens (tertiary/aromatic N) is 2. The van der Waals surface area contributed by atoms with Crippen LogP contribution in [0, 0.1) is 17.8 Å². The highest BCUT2D eigenvalue weighted by molar-refractivity contribution is 5.94. The van der Waals surface area contributed by atoms with Gasteiger partial charge in [0.2, 0.25) is 0 Å². The van der Waals surface area contributed by atoms with Crippen molar-refractivity contribution >= 4 is 5.91 Å². The van der Waals surface area contributed by atoms with E-state index >= 15 is 0 Å². The van der Waals surface area contributed by atoms with Crippen LogP contribution in [-0.2, 0) is 4.74 Å². The molecule has 21 heavy (non-hydrogen) atoms. The van der Waals surface area contributed by atoms with Crippen molar-refractivity contribution in [2.24, 2.45) is 11.7 Å². The first-order valence-corrected chi connectivity index (χ1v) is 7.18. The fourth-order valence-electron chi connectivity index (χ4n) is 2.40. The first-order valence-electron chi connectivity index (χ1n) is 7.18. The van der Waals surface area contributed by atoms with Gasteiger partial charge in [-0.15, -0.1) is 0 Å². The van der Waals surface area contributed by atoms with Crippen LogP contribution in [0.4, 0.5) is 0 Å². The minimum atomic E-state index is -0.0228. The number of rotatable bonds is 3. The summed E-state index contributed by atoms with van der Waals surface area (Å²) in [4.78, 5) is 18.3. The molecule has 0 aliphatic carbocycles. The second-order valence-electron chi connectivity index (χ2n) is 5.21. The molecule has 2 rings (SSSR count). The minimum Gasteiger partial charge on any atom is -0.381 e. The molecule has 0 radical (unpaired) electrons. The van der Waals surface area contributed by atoms with Gasteiger partial charge in [-0.3, -0.25) is 9.78 Å². The van der Waals surface area contributed by atoms with Crippen LogP contribution >= 0.6 is 0 Å². The number of hydrogen-bond donors (Lipinski definition) is 1. The summed E-state index contributed by atoms with van der Waals surface area (Å²) in [5.41, 5.74) is 6.62. The lowest BCUT2D eigenvalue weighted by molar-refractivity contribution is 0.0497. The SMILES string of the molecule is CN(CC1CCOCC1)C(=O)c1cncc(C#CCN)c1. The zero-order chi connectivity index (χ0) is 15.1. The molecule has 1 amide bonds. The molecule has 1 fully saturated rings. The van der Waals surface area contributed by atoms with Gasteiger partial charge < -0.3 is 15.4 Å². The molecule has 112 valence electrons. The van der Waals surface area contributed by atoms with Crippen LogP contribution in [0.15, 0.2) is 18.5 Å². The van der Waals surface area contributed by atoms with Crippen molar-refractivity contribution in [3.05, 3.63) is 29.6 Å². The average Bonchev–Trinajstić information content (AvgIpc) is 2.53. The number of pyridine rings is 1. The fraction of sp³-hybridized carbons (Fsp3) is 0.500. The van der Waals surface area contributed by atoms with Crippen LogP contribution < -0.4 is 5.73 Å². The van der Waals surface area contributed by atoms with Crippen LogP contribution in [0.3, 0.4) is 0 Å². The Morgan fingerprint density at radius 2 is 2.24 bits per heavy atom. The van der Waals surface area contributed by atoms with E-state index in [1.165, 1.54) is 0 Å². The summed E-state index contributed by atoms with van der Waals surface area (Å²) < 4.78 is 5.34. The Hall–Kier alpha value is -1.90. The van der Waals surface area contributed by atoms with E-state index in [4.69, 9.17) is 10.5 Å². The summed E-state index contributed by atoms with van der Waals surface area (Å²) in [7, 11) is 1.83. The van der Waals surface area contributed by atoms with Crippen LogP contribution in [0.1, 0.15) is 28.8 Å². The number of ether oxygens (including phenoxy) is 1. The van der Waals surface area contributed by atoms with Crippen LogP contribution in [-0.4, -0.2) is 49.1 Å². The Morgan fingerprint density at radius 1 is 1.48 bits per heavy atom. The van der Waals surface area contributed by atoms with Crippen molar-refractivity contribution in [3.8, 4) is 11.8 Å². The number of carbonyl (C=O) groups excluding carboxylic acids is 1. The molecule has 1 aromatic rings. The van der Waals surface area contributed by atoms with Crippen molar-refractivity contribution in [3.63, 3.8) is 0 Å². The van der Waals surface area contributed by atoms with Gasteiger partial charge in [-0.25, -0.2) is 0 Å². The molecule has 1 aliphatic heterocycles. The fourth-order valence-corrected chi connectivity index (χ4v) is 2.40. The maximum absolute atomic E-state index is 12.4. The second kappa shape index (κ2) is 7.77. The highest BCUT2D eigenvalue weighted by Crippen LogP contribution is 2.16. The highest BCUT2D eigenvalue weighted by atomic mass is 16.5. The molecule has 0 spiro atoms. The topological polar surface area (TPSA) is 68.5 Å². The Balaban J connectivity index is 2.01. The Kier molecular flexibility index (Phi) is 5.73. The van der Waals surface area contributed by atoms with Gasteiger partial charge in [0.1, 0.15) is 0 Å². The monoisotopic (exact) mass is 287 g/mol. The van der Waals surface area contributed by atoms with Crippen molar-refractivity contribution in [1.82, 2.24) is 9.88 Å². The maximum Gasteiger partial charge on any atom is 0.255 e. The van der Waals surface area contributed by atoms with Gasteiger partial charge in [-0.05, 0) is 24.8 Å². The van der Waals surface area contributed by atoms with E-state index in [2.05, 4.69) is 16.8 Å². The van der Waals surface area contributed by atoms with Crippen LogP contribution in [0.2, 0.25) is 0 Å². The molecule has 1 saturated heterocycles. The predicted molar refractivity (Wildman–Crippen MR) is 80.7 cm³/mol. The quantitative estimate of drug-likeness (QED) is 0.838. The summed E-state index contributed by atoms with van der Waals surface area (Å²) in [6.45, 7) is 2.62. The van der Waals surface area contributed by atoms with Crippen molar-refractivity contribution in [2.45, 2.75) is 12.8 Å². The molecular formula is C16H21N3O2. The van der Waals surface area contributed by atoms with E-state index in [1.807, 2.05) is 7.05 Å². The second-order valence-corrected chi connectivity index (χ2v) is 5.21. The van der Waals surface area contributed by atoms with E-state index in [1.54, 1.807) is 23.4 Å². The molecule has 0 saturated carbocycles. The number of carbonyl (C=O) groups is 1. The lowest BCUT2D eigenvalue weighted by atomic mass is 9.99. The van der Waals surface area contributed by atoms with Gasteiger partial charge in [-0.2, -0.15) is 0 Å². The van der Waals surface area contributed by atoms with Crippen molar-refractivity contribution in [1.29, 1.82) is 0 Å². The average molecular weight is 287 g/mol. The minimum absolute atomic E-state index is 0.0228. The molecule has 2 N–H and O–H groups in total. The van der Waals surface area contributed by atoms with Gasteiger partial charge >= 0.3 is 0 Å². The smallest absolute Gasteiger partial charge is 0.255 e. The summed E-state index contributed by atoms with van der Waals surface area (Å²) >= 11 is 0. The number of hydrogen-bond acceptors (Lipinski definition) is 4. The Bertz CT molecular complexity index is 542. The van der Waals surface area contributed by atoms with E-state index in [0.29, 0.717) is 23.6 Å². The first kappa shape index (κ1) is 15.5. The zero-order valence-electron chi connectivity index (χ0n) is 12.3. The molecule has 1 aromatic heterocycles. The van der Waals surface area contributed by atoms with E-state index in [-0.39, 0.29) is 5.91 Å². The molecule has 0 aromatic carbocycles. The summed E-state index contributed by atoms with van der Waals surface area (Å²) in [6.07, 6.45) is 5.24. The normalized spacial score (nSPS) is 15.1. The molecule has 0 unspecified atom stereocenters. The Labute approximate surface area is 125 Å². The molecule has 0 bridgehead atoms. The lowest BCUT2D eigenvalue weighted by Gasteiger charge is -2.27. The first-order chi connectivity index (χ1) is 10.2. The van der Waals surface area contributed by atoms with Crippen LogP contribution in [0.5, 0.6) is 0 Å². The van der Waals surface area contributed by atoms with Gasteiger partial charge in [0.25, 0.3) is 5.91 Å². The van der Waals surface area contributed by atoms with Crippen molar-refractivity contribution in [2.75, 3.05) is 33.4 Å². The summed E-state index contributed by atoms with van der Waals surface area (Å²) in [6, 6.07) is 1.76. The van der Waals surface area contributed by atoms with Gasteiger partial charge in [-0.1, -0.05) is 11.8 Å². The molecule has 5 nitrogen and oxygen atoms in total. The third-order valence-electron chi connectivity index (χ3n) is 3.54. The summed E-state index contributed by atoms with van der Waals surface area (Å²) in [5.74, 6) is 6.15. The standard InChI is InChI=1S/C16H21N3O2/c1-19(12-13-4-7-21-8-5-13)16(20)15-9-14(3-2-6-17)10-18-11-15/h9-11,13H,4-8,12,17H2,1H3. The number of amides is 1. The highest BCUT2D eigenvalue weighted by Gasteiger charge is 2.19. The summed E-state index contributed by atoms with van der Waals surface area (Å²) in [5, 5.41) is 0. The molecule has 0 atom stereocenters. The lowest BCUT2D eigenvalue weighted by Crippen LogP contribution is -2.34. The van der Waals surface area contributed by atoms with Gasteiger partial charge in [0, 0.05) is 44.8 Å². The maximum atomic E-state index is 12.4. The molecule has 1 aliphatic rings. The largest absolute Gasteiger partial charge is 0.381 e. The number of nitrogens with two attached hydrogens (primary N) is 1. The Morgan fingerprint density at radius 3 is 2.95 bits per heavy atom. The zero-order valence-corrected chi connectivity index (χ0v) is 12.3. The van der Waals surface area contributed by atoms with Gasteiger partial charge in [0.05, 0.1) is 12.1 Å². The molecule has 5 heteroatoms. The number of aromatic nitrogens is 1. The molecule has 2 heterocycles. The predicted octanol–water partition coefficient (Wildman–Crippen LogP) is 0.890. The van der Waals surface area contributed by atoms with E-state index in [9.17, 15) is 4.79 Å². The van der Waals surface area contributed by atoms with E-state index in [0.717, 1.165) is 32.6 Å².